The van der Waals surface area contributed by atoms with Crippen LogP contribution in [0.5, 0.6) is 5.75 Å². The van der Waals surface area contributed by atoms with Crippen LogP contribution in [0.1, 0.15) is 29.7 Å². The highest BCUT2D eigenvalue weighted by Crippen LogP contribution is 2.40. The third-order valence-corrected chi connectivity index (χ3v) is 5.64. The first kappa shape index (κ1) is 21.9. The summed E-state index contributed by atoms with van der Waals surface area (Å²) < 4.78 is 33.1. The number of hydrogen-bond acceptors (Lipinski definition) is 5. The first-order chi connectivity index (χ1) is 15.2. The van der Waals surface area contributed by atoms with Gasteiger partial charge < -0.3 is 15.4 Å². The quantitative estimate of drug-likeness (QED) is 0.500. The van der Waals surface area contributed by atoms with Gasteiger partial charge in [-0.15, -0.1) is 0 Å². The fourth-order valence-corrected chi connectivity index (χ4v) is 4.13. The average molecular weight is 504 g/mol. The maximum atomic E-state index is 13.5. The first-order valence-corrected chi connectivity index (χ1v) is 10.5. The number of fused-ring (bicyclic) bond motifs is 1. The van der Waals surface area contributed by atoms with Crippen LogP contribution in [0.2, 0.25) is 0 Å². The molecule has 1 aliphatic heterocycles. The number of amides is 1. The molecule has 166 valence electrons. The maximum Gasteiger partial charge on any atom is 0.387 e. The molecule has 1 aliphatic rings. The molecule has 0 bridgehead atoms. The molecular weight excluding hydrogens is 484 g/mol. The number of anilines is 2. The second-order valence-electron chi connectivity index (χ2n) is 7.43. The molecule has 0 radical (unpaired) electrons. The highest BCUT2D eigenvalue weighted by molar-refractivity contribution is 9.10. The minimum atomic E-state index is -3.02. The number of benzene rings is 2. The lowest BCUT2D eigenvalue weighted by atomic mass is 9.94. The predicted octanol–water partition coefficient (Wildman–Crippen LogP) is 5.19. The molecule has 0 spiro atoms. The van der Waals surface area contributed by atoms with Crippen molar-refractivity contribution in [2.75, 3.05) is 10.6 Å². The van der Waals surface area contributed by atoms with Gasteiger partial charge in [-0.05, 0) is 50.6 Å². The lowest BCUT2D eigenvalue weighted by molar-refractivity contribution is -0.113. The number of hydrogen-bond donors (Lipinski definition) is 2. The summed E-state index contributed by atoms with van der Waals surface area (Å²) in [4.78, 5) is 17.6. The van der Waals surface area contributed by atoms with E-state index in [1.54, 1.807) is 19.1 Å². The normalized spacial score (nSPS) is 15.4. The van der Waals surface area contributed by atoms with Crippen LogP contribution in [-0.2, 0) is 4.79 Å². The van der Waals surface area contributed by atoms with Gasteiger partial charge in [0.1, 0.15) is 18.1 Å². The Morgan fingerprint density at radius 1 is 1.22 bits per heavy atom. The number of nitrogens with one attached hydrogen (secondary N) is 2. The summed E-state index contributed by atoms with van der Waals surface area (Å²) >= 11 is 3.38. The van der Waals surface area contributed by atoms with E-state index in [1.165, 1.54) is 17.1 Å². The Labute approximate surface area is 191 Å². The van der Waals surface area contributed by atoms with E-state index in [-0.39, 0.29) is 5.75 Å². The van der Waals surface area contributed by atoms with Gasteiger partial charge in [0.15, 0.2) is 0 Å². The summed E-state index contributed by atoms with van der Waals surface area (Å²) in [6.07, 6.45) is 1.33. The Hall–Kier alpha value is -3.27. The smallest absolute Gasteiger partial charge is 0.387 e. The number of ether oxygens (including phenoxy) is 1. The average Bonchev–Trinajstić information content (AvgIpc) is 3.18. The van der Waals surface area contributed by atoms with Crippen LogP contribution in [0.15, 0.2) is 58.5 Å². The third-order valence-electron chi connectivity index (χ3n) is 5.15. The van der Waals surface area contributed by atoms with Crippen molar-refractivity contribution >= 4 is 33.5 Å². The van der Waals surface area contributed by atoms with E-state index in [1.807, 2.05) is 32.0 Å². The molecule has 2 aromatic carbocycles. The molecule has 0 saturated carbocycles. The van der Waals surface area contributed by atoms with Crippen molar-refractivity contribution in [2.45, 2.75) is 33.4 Å². The molecule has 2 heterocycles. The predicted molar refractivity (Wildman–Crippen MR) is 120 cm³/mol. The van der Waals surface area contributed by atoms with Crippen LogP contribution < -0.4 is 15.4 Å². The standard InChI is InChI=1S/C22H20BrF2N5O2/c1-11-4-6-16(12(2)8-11)29-20(31)18-13(3)28-22-26-10-27-30(22)19(18)15-9-14(23)5-7-17(15)32-21(24)25/h4-10,19,21H,1-3H3,(H,29,31)(H,26,27,28)/t19-/m0/s1. The highest BCUT2D eigenvalue weighted by Gasteiger charge is 2.36. The second-order valence-corrected chi connectivity index (χ2v) is 8.34. The van der Waals surface area contributed by atoms with E-state index in [0.717, 1.165) is 11.1 Å². The number of carbonyl (C=O) groups is 1. The van der Waals surface area contributed by atoms with Crippen LogP contribution in [-0.4, -0.2) is 27.3 Å². The van der Waals surface area contributed by atoms with Crippen LogP contribution in [0.3, 0.4) is 0 Å². The molecule has 7 nitrogen and oxygen atoms in total. The van der Waals surface area contributed by atoms with E-state index < -0.39 is 18.6 Å². The van der Waals surface area contributed by atoms with Gasteiger partial charge >= 0.3 is 6.61 Å². The molecule has 1 atom stereocenters. The van der Waals surface area contributed by atoms with Gasteiger partial charge in [-0.25, -0.2) is 4.68 Å². The number of alkyl halides is 2. The van der Waals surface area contributed by atoms with Crippen molar-refractivity contribution in [1.82, 2.24) is 14.8 Å². The number of aromatic nitrogens is 3. The molecule has 32 heavy (non-hydrogen) atoms. The third kappa shape index (κ3) is 4.22. The second kappa shape index (κ2) is 8.70. The zero-order valence-electron chi connectivity index (χ0n) is 17.5. The van der Waals surface area contributed by atoms with Gasteiger partial charge in [-0.1, -0.05) is 33.6 Å². The van der Waals surface area contributed by atoms with Crippen molar-refractivity contribution in [1.29, 1.82) is 0 Å². The molecule has 1 aromatic heterocycles. The summed E-state index contributed by atoms with van der Waals surface area (Å²) in [5, 5.41) is 10.2. The zero-order valence-corrected chi connectivity index (χ0v) is 19.1. The molecule has 1 amide bonds. The van der Waals surface area contributed by atoms with Gasteiger partial charge in [0.05, 0.1) is 5.57 Å². The van der Waals surface area contributed by atoms with Crippen LogP contribution in [0.25, 0.3) is 0 Å². The molecule has 0 unspecified atom stereocenters. The monoisotopic (exact) mass is 503 g/mol. The van der Waals surface area contributed by atoms with Gasteiger partial charge in [0, 0.05) is 21.4 Å². The van der Waals surface area contributed by atoms with Crippen molar-refractivity contribution in [3.05, 3.63) is 75.2 Å². The fourth-order valence-electron chi connectivity index (χ4n) is 3.75. The lowest BCUT2D eigenvalue weighted by Crippen LogP contribution is -2.32. The molecule has 10 heteroatoms. The van der Waals surface area contributed by atoms with Crippen LogP contribution >= 0.6 is 15.9 Å². The molecule has 2 N–H and O–H groups in total. The van der Waals surface area contributed by atoms with Crippen LogP contribution in [0.4, 0.5) is 20.4 Å². The lowest BCUT2D eigenvalue weighted by Gasteiger charge is -2.30. The number of rotatable bonds is 5. The van der Waals surface area contributed by atoms with Gasteiger partial charge in [-0.2, -0.15) is 18.9 Å². The minimum Gasteiger partial charge on any atom is -0.434 e. The van der Waals surface area contributed by atoms with E-state index >= 15 is 0 Å². The first-order valence-electron chi connectivity index (χ1n) is 9.74. The van der Waals surface area contributed by atoms with Gasteiger partial charge in [0.25, 0.3) is 5.91 Å². The summed E-state index contributed by atoms with van der Waals surface area (Å²) in [7, 11) is 0. The number of carbonyl (C=O) groups excluding carboxylic acids is 1. The van der Waals surface area contributed by atoms with Crippen molar-refractivity contribution in [3.63, 3.8) is 0 Å². The number of aryl methyl sites for hydroxylation is 2. The molecular formula is C22H20BrF2N5O2. The Morgan fingerprint density at radius 2 is 2.00 bits per heavy atom. The Kier molecular flexibility index (Phi) is 5.96. The molecule has 0 fully saturated rings. The van der Waals surface area contributed by atoms with Crippen LogP contribution in [0, 0.1) is 13.8 Å². The summed E-state index contributed by atoms with van der Waals surface area (Å²) in [6, 6.07) is 9.51. The van der Waals surface area contributed by atoms with Crippen molar-refractivity contribution in [3.8, 4) is 5.75 Å². The summed E-state index contributed by atoms with van der Waals surface area (Å²) in [6.45, 7) is 2.58. The van der Waals surface area contributed by atoms with Gasteiger partial charge in [0.2, 0.25) is 5.95 Å². The van der Waals surface area contributed by atoms with Crippen molar-refractivity contribution < 1.29 is 18.3 Å². The number of nitrogens with zero attached hydrogens (tertiary/aromatic N) is 3. The molecule has 4 rings (SSSR count). The largest absolute Gasteiger partial charge is 0.434 e. The fraction of sp³-hybridized carbons (Fsp3) is 0.227. The molecule has 0 aliphatic carbocycles. The van der Waals surface area contributed by atoms with E-state index in [9.17, 15) is 13.6 Å². The van der Waals surface area contributed by atoms with Crippen molar-refractivity contribution in [2.24, 2.45) is 0 Å². The summed E-state index contributed by atoms with van der Waals surface area (Å²) in [5.41, 5.74) is 3.81. The Morgan fingerprint density at radius 3 is 2.72 bits per heavy atom. The number of halogens is 3. The SMILES string of the molecule is CC1=C(C(=O)Nc2ccc(C)cc2C)[C@H](c2cc(Br)ccc2OC(F)F)n2ncnc2N1. The molecule has 0 saturated heterocycles. The zero-order chi connectivity index (χ0) is 23.0. The minimum absolute atomic E-state index is 0.0545. The summed E-state index contributed by atoms with van der Waals surface area (Å²) in [5.74, 6) is -0.0595. The van der Waals surface area contributed by atoms with E-state index in [0.29, 0.717) is 32.9 Å². The topological polar surface area (TPSA) is 81.1 Å². The Bertz CT molecular complexity index is 1220. The van der Waals surface area contributed by atoms with E-state index in [4.69, 9.17) is 4.74 Å². The Balaban J connectivity index is 1.82. The van der Waals surface area contributed by atoms with Gasteiger partial charge in [-0.3, -0.25) is 4.79 Å². The molecule has 3 aromatic rings. The maximum absolute atomic E-state index is 13.5. The highest BCUT2D eigenvalue weighted by atomic mass is 79.9. The number of allylic oxidation sites excluding steroid dienone is 1. The van der Waals surface area contributed by atoms with E-state index in [2.05, 4.69) is 36.6 Å².